The maximum atomic E-state index is 12.1. The Morgan fingerprint density at radius 3 is 2.74 bits per heavy atom. The minimum Gasteiger partial charge on any atom is -0.480 e. The number of rotatable bonds is 6. The standard InChI is InChI=1S/C13H16ClNO3S/c1-8-9(4-3-5-10(8)14)12(16)15-11(13(17)18)6-7-19-2/h3-5,11H,6-7H2,1-2H3,(H,15,16)(H,17,18)/t11-/m1/s1. The van der Waals surface area contributed by atoms with Crippen molar-refractivity contribution >= 4 is 35.2 Å². The molecule has 0 saturated carbocycles. The number of hydrogen-bond acceptors (Lipinski definition) is 3. The lowest BCUT2D eigenvalue weighted by Gasteiger charge is -2.15. The number of hydrogen-bond donors (Lipinski definition) is 2. The van der Waals surface area contributed by atoms with Crippen LogP contribution < -0.4 is 5.32 Å². The Kier molecular flexibility index (Phi) is 6.18. The molecule has 0 radical (unpaired) electrons. The van der Waals surface area contributed by atoms with E-state index in [-0.39, 0.29) is 0 Å². The summed E-state index contributed by atoms with van der Waals surface area (Å²) in [4.78, 5) is 23.1. The van der Waals surface area contributed by atoms with Gasteiger partial charge in [-0.05, 0) is 43.0 Å². The van der Waals surface area contributed by atoms with Crippen LogP contribution in [0.25, 0.3) is 0 Å². The molecule has 1 aromatic carbocycles. The van der Waals surface area contributed by atoms with Crippen LogP contribution in [0, 0.1) is 6.92 Å². The van der Waals surface area contributed by atoms with Crippen molar-refractivity contribution in [3.63, 3.8) is 0 Å². The van der Waals surface area contributed by atoms with Crippen molar-refractivity contribution in [3.8, 4) is 0 Å². The number of carbonyl (C=O) groups is 2. The summed E-state index contributed by atoms with van der Waals surface area (Å²) in [7, 11) is 0. The molecular weight excluding hydrogens is 286 g/mol. The van der Waals surface area contributed by atoms with Crippen molar-refractivity contribution in [1.29, 1.82) is 0 Å². The Bertz CT molecular complexity index is 479. The number of carboxylic acids is 1. The third-order valence-electron chi connectivity index (χ3n) is 2.73. The van der Waals surface area contributed by atoms with Crippen LogP contribution in [0.1, 0.15) is 22.3 Å². The normalized spacial score (nSPS) is 11.9. The quantitative estimate of drug-likeness (QED) is 0.847. The molecule has 0 heterocycles. The van der Waals surface area contributed by atoms with Gasteiger partial charge in [-0.25, -0.2) is 4.79 Å². The van der Waals surface area contributed by atoms with Gasteiger partial charge in [0.05, 0.1) is 0 Å². The molecule has 0 fully saturated rings. The van der Waals surface area contributed by atoms with E-state index in [1.54, 1.807) is 36.9 Å². The highest BCUT2D eigenvalue weighted by atomic mass is 35.5. The molecule has 6 heteroatoms. The van der Waals surface area contributed by atoms with Crippen molar-refractivity contribution in [3.05, 3.63) is 34.3 Å². The Morgan fingerprint density at radius 1 is 1.47 bits per heavy atom. The first-order valence-corrected chi connectivity index (χ1v) is 7.52. The van der Waals surface area contributed by atoms with Crippen molar-refractivity contribution < 1.29 is 14.7 Å². The molecule has 0 aliphatic heterocycles. The molecule has 2 N–H and O–H groups in total. The molecule has 1 atom stereocenters. The van der Waals surface area contributed by atoms with E-state index in [1.807, 2.05) is 6.26 Å². The van der Waals surface area contributed by atoms with E-state index >= 15 is 0 Å². The van der Waals surface area contributed by atoms with Crippen LogP contribution in [0.3, 0.4) is 0 Å². The summed E-state index contributed by atoms with van der Waals surface area (Å²) in [5.41, 5.74) is 1.05. The van der Waals surface area contributed by atoms with Crippen LogP contribution in [0.4, 0.5) is 0 Å². The Balaban J connectivity index is 2.82. The van der Waals surface area contributed by atoms with Crippen molar-refractivity contribution in [1.82, 2.24) is 5.32 Å². The van der Waals surface area contributed by atoms with Gasteiger partial charge < -0.3 is 10.4 Å². The number of amides is 1. The average molecular weight is 302 g/mol. The summed E-state index contributed by atoms with van der Waals surface area (Å²) >= 11 is 7.48. The second kappa shape index (κ2) is 7.40. The van der Waals surface area contributed by atoms with E-state index in [4.69, 9.17) is 16.7 Å². The van der Waals surface area contributed by atoms with Gasteiger partial charge >= 0.3 is 5.97 Å². The van der Waals surface area contributed by atoms with E-state index in [0.717, 1.165) is 0 Å². The smallest absolute Gasteiger partial charge is 0.326 e. The molecule has 4 nitrogen and oxygen atoms in total. The number of carboxylic acid groups (broad SMARTS) is 1. The molecule has 0 saturated heterocycles. The topological polar surface area (TPSA) is 66.4 Å². The molecule has 0 unspecified atom stereocenters. The molecule has 1 aromatic rings. The van der Waals surface area contributed by atoms with Crippen LogP contribution in [0.15, 0.2) is 18.2 Å². The van der Waals surface area contributed by atoms with E-state index in [1.165, 1.54) is 0 Å². The molecule has 19 heavy (non-hydrogen) atoms. The van der Waals surface area contributed by atoms with Gasteiger partial charge in [0, 0.05) is 10.6 Å². The summed E-state index contributed by atoms with van der Waals surface area (Å²) in [6, 6.07) is 4.11. The first-order valence-electron chi connectivity index (χ1n) is 5.75. The summed E-state index contributed by atoms with van der Waals surface area (Å²) in [5.74, 6) is -0.762. The summed E-state index contributed by atoms with van der Waals surface area (Å²) in [5, 5.41) is 12.1. The number of thioether (sulfide) groups is 1. The summed E-state index contributed by atoms with van der Waals surface area (Å²) in [6.07, 6.45) is 2.28. The minimum atomic E-state index is -1.03. The van der Waals surface area contributed by atoms with Gasteiger partial charge in [-0.3, -0.25) is 4.79 Å². The van der Waals surface area contributed by atoms with Crippen molar-refractivity contribution in [2.75, 3.05) is 12.0 Å². The molecule has 104 valence electrons. The highest BCUT2D eigenvalue weighted by molar-refractivity contribution is 7.98. The van der Waals surface area contributed by atoms with Crippen LogP contribution in [0.5, 0.6) is 0 Å². The fraction of sp³-hybridized carbons (Fsp3) is 0.385. The fourth-order valence-electron chi connectivity index (χ4n) is 1.58. The van der Waals surface area contributed by atoms with E-state index in [2.05, 4.69) is 5.32 Å². The van der Waals surface area contributed by atoms with E-state index < -0.39 is 17.9 Å². The minimum absolute atomic E-state index is 0.391. The molecule has 0 aliphatic rings. The van der Waals surface area contributed by atoms with E-state index in [0.29, 0.717) is 28.3 Å². The van der Waals surface area contributed by atoms with Gasteiger partial charge in [0.2, 0.25) is 0 Å². The predicted molar refractivity (Wildman–Crippen MR) is 78.1 cm³/mol. The highest BCUT2D eigenvalue weighted by Gasteiger charge is 2.21. The van der Waals surface area contributed by atoms with Gasteiger partial charge in [-0.15, -0.1) is 0 Å². The largest absolute Gasteiger partial charge is 0.480 e. The van der Waals surface area contributed by atoms with Crippen molar-refractivity contribution in [2.24, 2.45) is 0 Å². The molecule has 0 spiro atoms. The number of carbonyl (C=O) groups excluding carboxylic acids is 1. The summed E-state index contributed by atoms with van der Waals surface area (Å²) < 4.78 is 0. The van der Waals surface area contributed by atoms with Gasteiger partial charge in [0.1, 0.15) is 6.04 Å². The zero-order valence-corrected chi connectivity index (χ0v) is 12.3. The fourth-order valence-corrected chi connectivity index (χ4v) is 2.23. The number of aliphatic carboxylic acids is 1. The molecule has 1 amide bonds. The van der Waals surface area contributed by atoms with Gasteiger partial charge in [-0.1, -0.05) is 17.7 Å². The Labute approximate surface area is 121 Å². The van der Waals surface area contributed by atoms with Crippen LogP contribution >= 0.6 is 23.4 Å². The molecule has 0 aromatic heterocycles. The molecule has 0 aliphatic carbocycles. The van der Waals surface area contributed by atoms with Crippen molar-refractivity contribution in [2.45, 2.75) is 19.4 Å². The maximum absolute atomic E-state index is 12.1. The average Bonchev–Trinajstić information content (AvgIpc) is 2.37. The first-order chi connectivity index (χ1) is 8.97. The number of benzene rings is 1. The molecular formula is C13H16ClNO3S. The molecule has 0 bridgehead atoms. The maximum Gasteiger partial charge on any atom is 0.326 e. The van der Waals surface area contributed by atoms with Crippen LogP contribution in [0.2, 0.25) is 5.02 Å². The monoisotopic (exact) mass is 301 g/mol. The number of nitrogens with one attached hydrogen (secondary N) is 1. The second-order valence-electron chi connectivity index (χ2n) is 4.06. The highest BCUT2D eigenvalue weighted by Crippen LogP contribution is 2.18. The summed E-state index contributed by atoms with van der Waals surface area (Å²) in [6.45, 7) is 1.73. The lowest BCUT2D eigenvalue weighted by atomic mass is 10.1. The third-order valence-corrected chi connectivity index (χ3v) is 3.78. The lowest BCUT2D eigenvalue weighted by Crippen LogP contribution is -2.41. The lowest BCUT2D eigenvalue weighted by molar-refractivity contribution is -0.139. The predicted octanol–water partition coefficient (Wildman–Crippen LogP) is 2.58. The van der Waals surface area contributed by atoms with Gasteiger partial charge in [0.25, 0.3) is 5.91 Å². The zero-order valence-electron chi connectivity index (χ0n) is 10.8. The van der Waals surface area contributed by atoms with Gasteiger partial charge in [0.15, 0.2) is 0 Å². The van der Waals surface area contributed by atoms with E-state index in [9.17, 15) is 9.59 Å². The SMILES string of the molecule is CSCC[C@@H](NC(=O)c1cccc(Cl)c1C)C(=O)O. The van der Waals surface area contributed by atoms with Gasteiger partial charge in [-0.2, -0.15) is 11.8 Å². The third kappa shape index (κ3) is 4.44. The molecule has 1 rings (SSSR count). The zero-order chi connectivity index (χ0) is 14.4. The number of halogens is 1. The Hall–Kier alpha value is -1.20. The first kappa shape index (κ1) is 15.9. The Morgan fingerprint density at radius 2 is 2.16 bits per heavy atom. The second-order valence-corrected chi connectivity index (χ2v) is 5.45. The van der Waals surface area contributed by atoms with Crippen LogP contribution in [-0.2, 0) is 4.79 Å². The van der Waals surface area contributed by atoms with Crippen LogP contribution in [-0.4, -0.2) is 35.0 Å².